The number of rotatable bonds is 1. The number of amides is 1. The molecule has 2 aliphatic heterocycles. The van der Waals surface area contributed by atoms with Crippen LogP contribution in [0.2, 0.25) is 0 Å². The van der Waals surface area contributed by atoms with E-state index in [0.29, 0.717) is 36.7 Å². The maximum Gasteiger partial charge on any atom is 0.280 e. The van der Waals surface area contributed by atoms with Crippen molar-refractivity contribution in [3.8, 4) is 0 Å². The molecule has 2 aromatic rings. The van der Waals surface area contributed by atoms with Gasteiger partial charge in [-0.25, -0.2) is 0 Å². The lowest BCUT2D eigenvalue weighted by Gasteiger charge is -2.34. The molecule has 0 radical (unpaired) electrons. The van der Waals surface area contributed by atoms with E-state index in [1.165, 1.54) is 4.52 Å². The SMILES string of the molecule is CC(C)(C)c1cc2[nH]c3c(c(=O)n2n1)CN(C1COC1)C3=O. The lowest BCUT2D eigenvalue weighted by atomic mass is 9.93. The van der Waals surface area contributed by atoms with Gasteiger partial charge in [0.2, 0.25) is 0 Å². The summed E-state index contributed by atoms with van der Waals surface area (Å²) in [5.41, 5.74) is 1.90. The summed E-state index contributed by atoms with van der Waals surface area (Å²) in [6.07, 6.45) is 0. The van der Waals surface area contributed by atoms with Gasteiger partial charge in [-0.2, -0.15) is 9.61 Å². The van der Waals surface area contributed by atoms with Crippen LogP contribution >= 0.6 is 0 Å². The predicted octanol–water partition coefficient (Wildman–Crippen LogP) is 0.675. The first-order valence-electron chi connectivity index (χ1n) is 7.40. The average Bonchev–Trinajstić information content (AvgIpc) is 2.93. The van der Waals surface area contributed by atoms with Gasteiger partial charge in [-0.1, -0.05) is 20.8 Å². The van der Waals surface area contributed by atoms with Gasteiger partial charge < -0.3 is 14.6 Å². The zero-order chi connectivity index (χ0) is 15.6. The molecule has 4 rings (SSSR count). The molecule has 0 bridgehead atoms. The third kappa shape index (κ3) is 1.75. The molecular weight excluding hydrogens is 284 g/mol. The van der Waals surface area contributed by atoms with E-state index in [0.717, 1.165) is 5.69 Å². The molecule has 0 aromatic carbocycles. The molecule has 1 saturated heterocycles. The lowest BCUT2D eigenvalue weighted by molar-refractivity contribution is -0.0541. The molecule has 0 saturated carbocycles. The minimum absolute atomic E-state index is 0.0742. The van der Waals surface area contributed by atoms with Crippen LogP contribution in [0, 0.1) is 0 Å². The Kier molecular flexibility index (Phi) is 2.57. The van der Waals surface area contributed by atoms with Crippen molar-refractivity contribution >= 4 is 11.6 Å². The lowest BCUT2D eigenvalue weighted by Crippen LogP contribution is -2.49. The van der Waals surface area contributed by atoms with Gasteiger partial charge in [0.15, 0.2) is 0 Å². The van der Waals surface area contributed by atoms with E-state index in [1.807, 2.05) is 26.8 Å². The first kappa shape index (κ1) is 13.5. The van der Waals surface area contributed by atoms with Crippen LogP contribution in [0.15, 0.2) is 10.9 Å². The van der Waals surface area contributed by atoms with Crippen molar-refractivity contribution in [3.63, 3.8) is 0 Å². The summed E-state index contributed by atoms with van der Waals surface area (Å²) >= 11 is 0. The molecule has 0 spiro atoms. The van der Waals surface area contributed by atoms with Gasteiger partial charge in [0.1, 0.15) is 11.3 Å². The van der Waals surface area contributed by atoms with E-state index in [1.54, 1.807) is 4.90 Å². The molecule has 116 valence electrons. The number of H-pyrrole nitrogens is 1. The largest absolute Gasteiger partial charge is 0.377 e. The zero-order valence-electron chi connectivity index (χ0n) is 12.8. The number of ether oxygens (including phenoxy) is 1. The molecule has 1 fully saturated rings. The molecule has 7 heteroatoms. The highest BCUT2D eigenvalue weighted by Crippen LogP contribution is 2.26. The topological polar surface area (TPSA) is 79.7 Å². The Morgan fingerprint density at radius 1 is 1.32 bits per heavy atom. The van der Waals surface area contributed by atoms with Crippen LogP contribution in [0.25, 0.3) is 5.65 Å². The van der Waals surface area contributed by atoms with E-state index in [2.05, 4.69) is 10.1 Å². The fourth-order valence-corrected chi connectivity index (χ4v) is 2.84. The second-order valence-corrected chi connectivity index (χ2v) is 6.98. The van der Waals surface area contributed by atoms with Crippen LogP contribution in [0.4, 0.5) is 0 Å². The number of carbonyl (C=O) groups excluding carboxylic acids is 1. The van der Waals surface area contributed by atoms with Gasteiger partial charge in [-0.3, -0.25) is 9.59 Å². The van der Waals surface area contributed by atoms with Crippen LogP contribution in [-0.4, -0.2) is 44.7 Å². The van der Waals surface area contributed by atoms with Crippen molar-refractivity contribution in [2.24, 2.45) is 0 Å². The van der Waals surface area contributed by atoms with E-state index >= 15 is 0 Å². The second kappa shape index (κ2) is 4.19. The van der Waals surface area contributed by atoms with Crippen LogP contribution < -0.4 is 5.56 Å². The summed E-state index contributed by atoms with van der Waals surface area (Å²) in [5.74, 6) is -0.124. The van der Waals surface area contributed by atoms with Crippen molar-refractivity contribution in [2.45, 2.75) is 38.8 Å². The molecular formula is C15H18N4O3. The fraction of sp³-hybridized carbons (Fsp3) is 0.533. The minimum Gasteiger partial charge on any atom is -0.377 e. The van der Waals surface area contributed by atoms with Gasteiger partial charge in [-0.05, 0) is 0 Å². The van der Waals surface area contributed by atoms with Crippen LogP contribution in [0.1, 0.15) is 42.5 Å². The maximum atomic E-state index is 12.7. The smallest absolute Gasteiger partial charge is 0.280 e. The Bertz CT molecular complexity index is 839. The van der Waals surface area contributed by atoms with Gasteiger partial charge >= 0.3 is 0 Å². The number of hydrogen-bond donors (Lipinski definition) is 1. The Morgan fingerprint density at radius 2 is 2.05 bits per heavy atom. The van der Waals surface area contributed by atoms with Crippen molar-refractivity contribution in [2.75, 3.05) is 13.2 Å². The number of nitrogens with zero attached hydrogens (tertiary/aromatic N) is 3. The Labute approximate surface area is 126 Å². The molecule has 7 nitrogen and oxygen atoms in total. The molecule has 22 heavy (non-hydrogen) atoms. The van der Waals surface area contributed by atoms with Gasteiger partial charge in [0, 0.05) is 11.5 Å². The maximum absolute atomic E-state index is 12.7. The highest BCUT2D eigenvalue weighted by molar-refractivity contribution is 5.97. The summed E-state index contributed by atoms with van der Waals surface area (Å²) in [5, 5.41) is 4.41. The Hall–Kier alpha value is -2.15. The highest BCUT2D eigenvalue weighted by atomic mass is 16.5. The van der Waals surface area contributed by atoms with E-state index in [9.17, 15) is 9.59 Å². The summed E-state index contributed by atoms with van der Waals surface area (Å²) in [7, 11) is 0. The first-order chi connectivity index (χ1) is 10.4. The predicted molar refractivity (Wildman–Crippen MR) is 79.0 cm³/mol. The molecule has 4 heterocycles. The van der Waals surface area contributed by atoms with Crippen molar-refractivity contribution in [1.29, 1.82) is 0 Å². The quantitative estimate of drug-likeness (QED) is 0.840. The minimum atomic E-state index is -0.213. The number of aromatic nitrogens is 3. The third-order valence-corrected chi connectivity index (χ3v) is 4.35. The van der Waals surface area contributed by atoms with Gasteiger partial charge in [-0.15, -0.1) is 0 Å². The summed E-state index contributed by atoms with van der Waals surface area (Å²) in [6, 6.07) is 1.91. The standard InChI is InChI=1S/C15H18N4O3/c1-15(2,3)10-4-11-16-12-9(13(20)19(11)17-10)5-18(14(12)21)8-6-22-7-8/h4,8,16H,5-7H2,1-3H3. The van der Waals surface area contributed by atoms with Gasteiger partial charge in [0.05, 0.1) is 37.1 Å². The highest BCUT2D eigenvalue weighted by Gasteiger charge is 2.39. The van der Waals surface area contributed by atoms with E-state index in [-0.39, 0.29) is 22.9 Å². The molecule has 0 atom stereocenters. The Balaban J connectivity index is 1.85. The number of nitrogens with one attached hydrogen (secondary N) is 1. The Morgan fingerprint density at radius 3 is 2.64 bits per heavy atom. The van der Waals surface area contributed by atoms with Gasteiger partial charge in [0.25, 0.3) is 11.5 Å². The number of hydrogen-bond acceptors (Lipinski definition) is 4. The van der Waals surface area contributed by atoms with E-state index < -0.39 is 0 Å². The van der Waals surface area contributed by atoms with Crippen molar-refractivity contribution < 1.29 is 9.53 Å². The monoisotopic (exact) mass is 302 g/mol. The normalized spacial score (nSPS) is 18.9. The molecule has 2 aromatic heterocycles. The number of carbonyl (C=O) groups is 1. The molecule has 0 aliphatic carbocycles. The fourth-order valence-electron chi connectivity index (χ4n) is 2.84. The average molecular weight is 302 g/mol. The number of fused-ring (bicyclic) bond motifs is 2. The van der Waals surface area contributed by atoms with Crippen LogP contribution in [0.3, 0.4) is 0 Å². The molecule has 2 aliphatic rings. The first-order valence-corrected chi connectivity index (χ1v) is 7.40. The summed E-state index contributed by atoms with van der Waals surface area (Å²) < 4.78 is 6.51. The second-order valence-electron chi connectivity index (χ2n) is 6.98. The zero-order valence-corrected chi connectivity index (χ0v) is 12.8. The molecule has 0 unspecified atom stereocenters. The molecule has 1 amide bonds. The number of aromatic amines is 1. The molecule has 1 N–H and O–H groups in total. The third-order valence-electron chi connectivity index (χ3n) is 4.35. The van der Waals surface area contributed by atoms with E-state index in [4.69, 9.17) is 4.74 Å². The summed E-state index contributed by atoms with van der Waals surface area (Å²) in [6.45, 7) is 7.53. The van der Waals surface area contributed by atoms with Crippen molar-refractivity contribution in [3.05, 3.63) is 33.4 Å². The van der Waals surface area contributed by atoms with Crippen molar-refractivity contribution in [1.82, 2.24) is 19.5 Å². The van der Waals surface area contributed by atoms with Crippen LogP contribution in [0.5, 0.6) is 0 Å². The van der Waals surface area contributed by atoms with Crippen LogP contribution in [-0.2, 0) is 16.7 Å². The summed E-state index contributed by atoms with van der Waals surface area (Å²) in [4.78, 5) is 29.9.